The van der Waals surface area contributed by atoms with Crippen LogP contribution in [-0.2, 0) is 35.2 Å². The number of carbonyl (C=O) groups excluding carboxylic acids is 4. The van der Waals surface area contributed by atoms with E-state index in [1.54, 1.807) is 20.8 Å². The molecule has 0 heterocycles. The molecule has 1 aromatic rings. The van der Waals surface area contributed by atoms with E-state index >= 15 is 0 Å². The molecule has 238 valence electrons. The molecule has 1 unspecified atom stereocenters. The maximum atomic E-state index is 13.0. The van der Waals surface area contributed by atoms with Crippen molar-refractivity contribution in [1.82, 2.24) is 5.32 Å². The van der Waals surface area contributed by atoms with Crippen molar-refractivity contribution in [2.45, 2.75) is 148 Å². The third-order valence-electron chi connectivity index (χ3n) is 6.74. The normalized spacial score (nSPS) is 12.7. The quantitative estimate of drug-likeness (QED) is 0.0853. The predicted octanol–water partition coefficient (Wildman–Crippen LogP) is 6.89. The van der Waals surface area contributed by atoms with Crippen molar-refractivity contribution in [3.05, 3.63) is 35.9 Å². The fourth-order valence-electron chi connectivity index (χ4n) is 4.44. The molecule has 0 aromatic heterocycles. The van der Waals surface area contributed by atoms with E-state index in [1.807, 2.05) is 30.3 Å². The third-order valence-corrected chi connectivity index (χ3v) is 6.74. The fraction of sp³-hybridized carbons (Fsp3) is 0.697. The van der Waals surface area contributed by atoms with Gasteiger partial charge in [0.25, 0.3) is 5.91 Å². The zero-order valence-electron chi connectivity index (χ0n) is 26.3. The number of primary amides is 1. The first-order valence-corrected chi connectivity index (χ1v) is 15.7. The highest BCUT2D eigenvalue weighted by Gasteiger charge is 2.29. The van der Waals surface area contributed by atoms with Gasteiger partial charge in [-0.3, -0.25) is 9.59 Å². The van der Waals surface area contributed by atoms with Gasteiger partial charge >= 0.3 is 18.0 Å². The van der Waals surface area contributed by atoms with Crippen LogP contribution in [0.4, 0.5) is 4.79 Å². The van der Waals surface area contributed by atoms with E-state index in [-0.39, 0.29) is 25.9 Å². The zero-order chi connectivity index (χ0) is 31.2. The summed E-state index contributed by atoms with van der Waals surface area (Å²) in [6, 6.07) is 8.20. The molecule has 42 heavy (non-hydrogen) atoms. The van der Waals surface area contributed by atoms with Crippen LogP contribution >= 0.6 is 0 Å². The van der Waals surface area contributed by atoms with E-state index in [0.717, 1.165) is 24.8 Å². The molecule has 0 spiro atoms. The van der Waals surface area contributed by atoms with Crippen molar-refractivity contribution in [3.63, 3.8) is 0 Å². The molecule has 2 amide bonds. The Kier molecular flexibility index (Phi) is 19.0. The lowest BCUT2D eigenvalue weighted by atomic mass is 10.0. The van der Waals surface area contributed by atoms with Crippen molar-refractivity contribution in [2.75, 3.05) is 0 Å². The van der Waals surface area contributed by atoms with Crippen LogP contribution in [0.2, 0.25) is 0 Å². The second-order valence-electron chi connectivity index (χ2n) is 11.9. The Labute approximate surface area is 252 Å². The number of rotatable bonds is 22. The summed E-state index contributed by atoms with van der Waals surface area (Å²) in [5.74, 6) is -1.93. The van der Waals surface area contributed by atoms with E-state index in [0.29, 0.717) is 12.8 Å². The summed E-state index contributed by atoms with van der Waals surface area (Å²) in [6.45, 7) is 7.50. The largest absolute Gasteiger partial charge is 0.461 e. The SMILES string of the molecule is CCCCCCCCCCCCCC(OC(=O)[C@H](CCCC(=O)OCc1ccccc1)NC(=O)OC(C)(C)C)C(N)=O. The summed E-state index contributed by atoms with van der Waals surface area (Å²) in [5, 5.41) is 2.52. The molecule has 0 bridgehead atoms. The van der Waals surface area contributed by atoms with Crippen molar-refractivity contribution in [2.24, 2.45) is 5.73 Å². The molecule has 0 radical (unpaired) electrons. The van der Waals surface area contributed by atoms with Gasteiger partial charge in [0.05, 0.1) is 0 Å². The number of unbranched alkanes of at least 4 members (excludes halogenated alkanes) is 10. The highest BCUT2D eigenvalue weighted by molar-refractivity contribution is 5.86. The van der Waals surface area contributed by atoms with Gasteiger partial charge in [-0.1, -0.05) is 101 Å². The lowest BCUT2D eigenvalue weighted by Crippen LogP contribution is -2.46. The minimum absolute atomic E-state index is 0.0462. The minimum atomic E-state index is -1.11. The van der Waals surface area contributed by atoms with Gasteiger partial charge in [0.2, 0.25) is 0 Å². The number of hydrogen-bond acceptors (Lipinski definition) is 7. The van der Waals surface area contributed by atoms with Crippen LogP contribution in [0.1, 0.15) is 130 Å². The van der Waals surface area contributed by atoms with Gasteiger partial charge in [0.15, 0.2) is 6.10 Å². The Morgan fingerprint density at radius 3 is 1.93 bits per heavy atom. The predicted molar refractivity (Wildman–Crippen MR) is 163 cm³/mol. The second-order valence-corrected chi connectivity index (χ2v) is 11.9. The Morgan fingerprint density at radius 2 is 1.38 bits per heavy atom. The van der Waals surface area contributed by atoms with Crippen LogP contribution in [0.3, 0.4) is 0 Å². The van der Waals surface area contributed by atoms with Gasteiger partial charge in [-0.2, -0.15) is 0 Å². The average Bonchev–Trinajstić information content (AvgIpc) is 2.93. The molecule has 2 atom stereocenters. The van der Waals surface area contributed by atoms with Gasteiger partial charge in [-0.15, -0.1) is 0 Å². The number of amides is 2. The first-order chi connectivity index (χ1) is 20.0. The Balaban J connectivity index is 2.53. The van der Waals surface area contributed by atoms with Crippen LogP contribution in [0, 0.1) is 0 Å². The Bertz CT molecular complexity index is 915. The molecule has 0 saturated heterocycles. The molecule has 3 N–H and O–H groups in total. The molecule has 1 rings (SSSR count). The van der Waals surface area contributed by atoms with Crippen LogP contribution in [-0.4, -0.2) is 41.7 Å². The smallest absolute Gasteiger partial charge is 0.408 e. The van der Waals surface area contributed by atoms with Crippen molar-refractivity contribution in [1.29, 1.82) is 0 Å². The van der Waals surface area contributed by atoms with Crippen LogP contribution < -0.4 is 11.1 Å². The molecule has 9 heteroatoms. The zero-order valence-corrected chi connectivity index (χ0v) is 26.3. The summed E-state index contributed by atoms with van der Waals surface area (Å²) in [6.07, 6.45) is 11.6. The highest BCUT2D eigenvalue weighted by atomic mass is 16.6. The Morgan fingerprint density at radius 1 is 0.810 bits per heavy atom. The molecule has 0 fully saturated rings. The van der Waals surface area contributed by atoms with Crippen molar-refractivity contribution < 1.29 is 33.4 Å². The van der Waals surface area contributed by atoms with Gasteiger partial charge in [-0.05, 0) is 52.0 Å². The van der Waals surface area contributed by atoms with Crippen molar-refractivity contribution in [3.8, 4) is 0 Å². The van der Waals surface area contributed by atoms with E-state index in [2.05, 4.69) is 12.2 Å². The first-order valence-electron chi connectivity index (χ1n) is 15.7. The maximum absolute atomic E-state index is 13.0. The number of nitrogens with two attached hydrogens (primary N) is 1. The van der Waals surface area contributed by atoms with Crippen LogP contribution in [0.25, 0.3) is 0 Å². The molecular weight excluding hydrogens is 536 g/mol. The number of esters is 2. The van der Waals surface area contributed by atoms with Crippen LogP contribution in [0.5, 0.6) is 0 Å². The fourth-order valence-corrected chi connectivity index (χ4v) is 4.44. The summed E-state index contributed by atoms with van der Waals surface area (Å²) in [4.78, 5) is 49.7. The molecule has 1 aromatic carbocycles. The number of benzene rings is 1. The third kappa shape index (κ3) is 19.1. The number of ether oxygens (including phenoxy) is 3. The number of nitrogens with one attached hydrogen (secondary N) is 1. The summed E-state index contributed by atoms with van der Waals surface area (Å²) < 4.78 is 16.0. The van der Waals surface area contributed by atoms with E-state index in [4.69, 9.17) is 19.9 Å². The van der Waals surface area contributed by atoms with E-state index in [9.17, 15) is 19.2 Å². The summed E-state index contributed by atoms with van der Waals surface area (Å²) in [7, 11) is 0. The maximum Gasteiger partial charge on any atom is 0.408 e. The summed E-state index contributed by atoms with van der Waals surface area (Å²) >= 11 is 0. The minimum Gasteiger partial charge on any atom is -0.461 e. The number of hydrogen-bond donors (Lipinski definition) is 2. The van der Waals surface area contributed by atoms with Gasteiger partial charge < -0.3 is 25.3 Å². The van der Waals surface area contributed by atoms with Crippen molar-refractivity contribution >= 4 is 23.9 Å². The molecule has 9 nitrogen and oxygen atoms in total. The molecular formula is C33H54N2O7. The standard InChI is InChI=1S/C33H54N2O7/c1-5-6-7-8-9-10-11-12-13-14-18-23-28(30(34)37)41-31(38)27(35-32(39)42-33(2,3)4)22-19-24-29(36)40-25-26-20-16-15-17-21-26/h15-17,20-21,27-28H,5-14,18-19,22-25H2,1-4H3,(H2,34,37)(H,35,39)/t27-,28?/m0/s1. The Hall–Kier alpha value is -3.10. The molecule has 0 aliphatic carbocycles. The number of alkyl carbamates (subject to hydrolysis) is 1. The van der Waals surface area contributed by atoms with Gasteiger partial charge in [0, 0.05) is 6.42 Å². The topological polar surface area (TPSA) is 134 Å². The van der Waals surface area contributed by atoms with E-state index < -0.39 is 41.7 Å². The second kappa shape index (κ2) is 21.6. The number of carbonyl (C=O) groups is 4. The van der Waals surface area contributed by atoms with Crippen LogP contribution in [0.15, 0.2) is 30.3 Å². The van der Waals surface area contributed by atoms with Gasteiger partial charge in [-0.25, -0.2) is 9.59 Å². The molecule has 0 saturated carbocycles. The monoisotopic (exact) mass is 590 g/mol. The average molecular weight is 591 g/mol. The first kappa shape index (κ1) is 36.9. The van der Waals surface area contributed by atoms with E-state index in [1.165, 1.54) is 44.9 Å². The molecule has 0 aliphatic heterocycles. The lowest BCUT2D eigenvalue weighted by molar-refractivity contribution is -0.157. The summed E-state index contributed by atoms with van der Waals surface area (Å²) in [5.41, 5.74) is 5.63. The molecule has 0 aliphatic rings. The highest BCUT2D eigenvalue weighted by Crippen LogP contribution is 2.15. The van der Waals surface area contributed by atoms with Gasteiger partial charge in [0.1, 0.15) is 18.2 Å². The lowest BCUT2D eigenvalue weighted by Gasteiger charge is -2.24.